The van der Waals surface area contributed by atoms with Gasteiger partial charge in [0.25, 0.3) is 0 Å². The van der Waals surface area contributed by atoms with Crippen LogP contribution in [0.25, 0.3) is 0 Å². The van der Waals surface area contributed by atoms with E-state index in [0.29, 0.717) is 70.6 Å². The number of hydrogen-bond donors (Lipinski definition) is 4. The Kier molecular flexibility index (Phi) is 18.9. The Morgan fingerprint density at radius 1 is 1.02 bits per heavy atom. The number of ketones is 1. The van der Waals surface area contributed by atoms with Crippen molar-refractivity contribution in [3.63, 3.8) is 0 Å². The van der Waals surface area contributed by atoms with Gasteiger partial charge in [-0.2, -0.15) is 0 Å². The van der Waals surface area contributed by atoms with Gasteiger partial charge < -0.3 is 54.4 Å². The van der Waals surface area contributed by atoms with Crippen LogP contribution in [0.5, 0.6) is 0 Å². The predicted molar refractivity (Wildman–Crippen MR) is 231 cm³/mol. The number of amides is 1. The molecule has 0 aromatic rings. The van der Waals surface area contributed by atoms with E-state index in [-0.39, 0.29) is 60.7 Å². The van der Waals surface area contributed by atoms with Crippen LogP contribution in [0.3, 0.4) is 0 Å². The molecule has 0 aromatic carbocycles. The highest BCUT2D eigenvalue weighted by Gasteiger charge is 2.61. The average molecular weight is 865 g/mol. The van der Waals surface area contributed by atoms with Gasteiger partial charge in [0.05, 0.1) is 48.1 Å². The molecule has 61 heavy (non-hydrogen) atoms. The van der Waals surface area contributed by atoms with Gasteiger partial charge in [-0.05, 0) is 96.6 Å². The van der Waals surface area contributed by atoms with Gasteiger partial charge in [0, 0.05) is 43.4 Å². The Morgan fingerprint density at radius 2 is 1.70 bits per heavy atom. The summed E-state index contributed by atoms with van der Waals surface area (Å²) in [7, 11) is 1.59. The molecule has 14 nitrogen and oxygen atoms in total. The third kappa shape index (κ3) is 12.0. The standard InChI is InChI=1S/C47H80N2O12/c1-12-26-56-43(52)33(13-2)36(55-11)19-17-16-18-35(48)41(51)31(9)40(50)34(14-3)42-29(7)27-30(8)46(60-42)25-22-39(58-44(53)49-28(5)6)47(61-46)24-21-38(59-47)37-20-23-45(54,15-4)32(10)57-37/h12,22,25,28-39,41-42,51,54H,1,13-21,23-24,26-27,48H2,2-11H3,(H,49,53)/t29-,30+,31+,32-,33+,34-,35+,36+,37+,38?,39+,41+,42-,45+,46-,47-/m0/s1. The van der Waals surface area contributed by atoms with Crippen molar-refractivity contribution < 1.29 is 57.8 Å². The zero-order chi connectivity index (χ0) is 45.3. The fraction of sp³-hybridized carbons (Fsp3) is 0.851. The second kappa shape index (κ2) is 22.5. The van der Waals surface area contributed by atoms with Crippen LogP contribution in [0.2, 0.25) is 0 Å². The molecule has 0 radical (unpaired) electrons. The Balaban J connectivity index is 1.47. The Labute approximate surface area is 365 Å². The lowest BCUT2D eigenvalue weighted by Crippen LogP contribution is -2.63. The van der Waals surface area contributed by atoms with E-state index in [9.17, 15) is 24.6 Å². The molecule has 4 rings (SSSR count). The number of rotatable bonds is 21. The van der Waals surface area contributed by atoms with Crippen LogP contribution in [-0.4, -0.2) is 114 Å². The molecule has 16 atom stereocenters. The lowest BCUT2D eigenvalue weighted by atomic mass is 9.74. The first-order valence-electron chi connectivity index (χ1n) is 23.2. The Morgan fingerprint density at radius 3 is 2.31 bits per heavy atom. The van der Waals surface area contributed by atoms with Crippen LogP contribution in [0.4, 0.5) is 4.79 Å². The molecule has 0 aliphatic carbocycles. The molecule has 0 bridgehead atoms. The molecule has 4 aliphatic rings. The number of unbranched alkanes of at least 4 members (excludes halogenated alkanes) is 1. The molecule has 350 valence electrons. The largest absolute Gasteiger partial charge is 0.461 e. The summed E-state index contributed by atoms with van der Waals surface area (Å²) in [6.07, 6.45) is 7.72. The predicted octanol–water partition coefficient (Wildman–Crippen LogP) is 6.67. The van der Waals surface area contributed by atoms with Crippen LogP contribution >= 0.6 is 0 Å². The summed E-state index contributed by atoms with van der Waals surface area (Å²) in [5.41, 5.74) is 5.65. The lowest BCUT2D eigenvalue weighted by Gasteiger charge is -2.54. The van der Waals surface area contributed by atoms with Crippen molar-refractivity contribution >= 4 is 17.8 Å². The van der Waals surface area contributed by atoms with Crippen molar-refractivity contribution in [3.8, 4) is 0 Å². The SMILES string of the molecule is C=CCOC(=O)[C@H](CC)[C@@H](CCCC[C@@H](N)[C@H](O)[C@H](C)C(=O)[C@H](CC)[C@H]1O[C@]2(C=C[C@@H](OC(=O)NC(C)C)[C@]3(CCC([C@H]4CC[C@](O)(CC)[C@H](C)O4)O3)O2)[C@H](C)C[C@@H]1C)OC. The fourth-order valence-corrected chi connectivity index (χ4v) is 10.1. The molecule has 4 aliphatic heterocycles. The second-order valence-corrected chi connectivity index (χ2v) is 18.7. The minimum Gasteiger partial charge on any atom is -0.461 e. The number of methoxy groups -OCH3 is 1. The van der Waals surface area contributed by atoms with E-state index in [0.717, 1.165) is 6.42 Å². The highest BCUT2D eigenvalue weighted by atomic mass is 16.8. The average Bonchev–Trinajstić information content (AvgIpc) is 3.65. The molecule has 14 heteroatoms. The number of aliphatic hydroxyl groups is 2. The quantitative estimate of drug-likeness (QED) is 0.0544. The third-order valence-electron chi connectivity index (χ3n) is 14.1. The van der Waals surface area contributed by atoms with Gasteiger partial charge in [-0.3, -0.25) is 9.59 Å². The summed E-state index contributed by atoms with van der Waals surface area (Å²) in [6, 6.07) is -0.784. The van der Waals surface area contributed by atoms with E-state index in [2.05, 4.69) is 25.7 Å². The van der Waals surface area contributed by atoms with E-state index >= 15 is 0 Å². The van der Waals surface area contributed by atoms with E-state index in [1.807, 2.05) is 47.6 Å². The van der Waals surface area contributed by atoms with Gasteiger partial charge in [0.1, 0.15) is 12.4 Å². The molecular weight excluding hydrogens is 785 g/mol. The van der Waals surface area contributed by atoms with Gasteiger partial charge in [-0.1, -0.05) is 67.0 Å². The number of aliphatic hydroxyl groups excluding tert-OH is 1. The molecule has 0 aromatic heterocycles. The maximum Gasteiger partial charge on any atom is 0.408 e. The van der Waals surface area contributed by atoms with Crippen molar-refractivity contribution in [1.29, 1.82) is 0 Å². The number of alkyl carbamates (subject to hydrolysis) is 1. The van der Waals surface area contributed by atoms with E-state index in [4.69, 9.17) is 38.9 Å². The van der Waals surface area contributed by atoms with Crippen LogP contribution in [0.15, 0.2) is 24.8 Å². The monoisotopic (exact) mass is 865 g/mol. The number of Topliss-reactive ketones (excluding diaryl/α,β-unsaturated/α-hetero) is 1. The zero-order valence-electron chi connectivity index (χ0n) is 38.8. The Hall–Kier alpha value is -2.43. The second-order valence-electron chi connectivity index (χ2n) is 18.7. The minimum absolute atomic E-state index is 0.0206. The molecule has 4 heterocycles. The molecule has 3 saturated heterocycles. The van der Waals surface area contributed by atoms with Crippen molar-refractivity contribution in [2.24, 2.45) is 35.3 Å². The lowest BCUT2D eigenvalue weighted by molar-refractivity contribution is -0.400. The summed E-state index contributed by atoms with van der Waals surface area (Å²) >= 11 is 0. The van der Waals surface area contributed by atoms with Gasteiger partial charge in [0.15, 0.2) is 11.9 Å². The molecule has 2 spiro atoms. The smallest absolute Gasteiger partial charge is 0.408 e. The van der Waals surface area contributed by atoms with Gasteiger partial charge >= 0.3 is 12.1 Å². The number of ether oxygens (including phenoxy) is 7. The van der Waals surface area contributed by atoms with Crippen molar-refractivity contribution in [2.75, 3.05) is 13.7 Å². The number of esters is 1. The molecule has 3 fully saturated rings. The van der Waals surface area contributed by atoms with Gasteiger partial charge in [-0.25, -0.2) is 4.79 Å². The maximum atomic E-state index is 14.4. The number of carbonyl (C=O) groups is 3. The van der Waals surface area contributed by atoms with Crippen molar-refractivity contribution in [2.45, 2.75) is 211 Å². The van der Waals surface area contributed by atoms with Gasteiger partial charge in [0.2, 0.25) is 5.79 Å². The first-order chi connectivity index (χ1) is 28.8. The highest BCUT2D eigenvalue weighted by molar-refractivity contribution is 5.84. The van der Waals surface area contributed by atoms with Crippen molar-refractivity contribution in [3.05, 3.63) is 24.8 Å². The Bertz CT molecular complexity index is 1480. The minimum atomic E-state index is -1.39. The van der Waals surface area contributed by atoms with Crippen LogP contribution in [-0.2, 0) is 42.7 Å². The molecule has 1 unspecified atom stereocenters. The summed E-state index contributed by atoms with van der Waals surface area (Å²) < 4.78 is 44.3. The third-order valence-corrected chi connectivity index (χ3v) is 14.1. The fourth-order valence-electron chi connectivity index (χ4n) is 10.1. The zero-order valence-corrected chi connectivity index (χ0v) is 38.8. The van der Waals surface area contributed by atoms with E-state index in [1.165, 1.54) is 6.08 Å². The van der Waals surface area contributed by atoms with Gasteiger partial charge in [-0.15, -0.1) is 0 Å². The number of carbonyl (C=O) groups excluding carboxylic acids is 3. The van der Waals surface area contributed by atoms with Crippen molar-refractivity contribution in [1.82, 2.24) is 5.32 Å². The summed E-state index contributed by atoms with van der Waals surface area (Å²) in [5, 5.41) is 25.4. The van der Waals surface area contributed by atoms with E-state index in [1.54, 1.807) is 20.1 Å². The van der Waals surface area contributed by atoms with E-state index < -0.39 is 65.4 Å². The van der Waals surface area contributed by atoms with Crippen LogP contribution in [0, 0.1) is 29.6 Å². The number of hydrogen-bond acceptors (Lipinski definition) is 13. The van der Waals surface area contributed by atoms with Crippen LogP contribution in [0.1, 0.15) is 139 Å². The summed E-state index contributed by atoms with van der Waals surface area (Å²) in [4.78, 5) is 40.0. The summed E-state index contributed by atoms with van der Waals surface area (Å²) in [6.45, 7) is 21.1. The number of nitrogens with one attached hydrogen (secondary N) is 1. The normalized spacial score (nSPS) is 35.6. The maximum absolute atomic E-state index is 14.4. The molecule has 5 N–H and O–H groups in total. The number of nitrogens with two attached hydrogens (primary N) is 1. The molecule has 1 amide bonds. The topological polar surface area (TPSA) is 194 Å². The molecular formula is C47H80N2O12. The molecule has 0 saturated carbocycles. The van der Waals surface area contributed by atoms with Crippen LogP contribution < -0.4 is 11.1 Å². The first-order valence-corrected chi connectivity index (χ1v) is 23.2. The highest BCUT2D eigenvalue weighted by Crippen LogP contribution is 2.52. The summed E-state index contributed by atoms with van der Waals surface area (Å²) in [5.74, 6) is -5.00. The first kappa shape index (κ1) is 51.2.